The van der Waals surface area contributed by atoms with Crippen molar-refractivity contribution in [2.75, 3.05) is 0 Å². The summed E-state index contributed by atoms with van der Waals surface area (Å²) >= 11 is 0. The number of carboxylic acid groups (broad SMARTS) is 1. The Kier molecular flexibility index (Phi) is 2.43. The van der Waals surface area contributed by atoms with Gasteiger partial charge in [0.25, 0.3) is 0 Å². The molecular weight excluding hydrogens is 268 g/mol. The summed E-state index contributed by atoms with van der Waals surface area (Å²) < 4.78 is 6.30. The van der Waals surface area contributed by atoms with E-state index in [2.05, 4.69) is 13.0 Å². The molecule has 1 spiro atoms. The lowest BCUT2D eigenvalue weighted by Crippen LogP contribution is -2.56. The van der Waals surface area contributed by atoms with Gasteiger partial charge in [-0.1, -0.05) is 13.0 Å². The van der Waals surface area contributed by atoms with Gasteiger partial charge < -0.3 is 14.6 Å². The fraction of sp³-hybridized carbons (Fsp3) is 0.765. The molecule has 4 nitrogen and oxygen atoms in total. The number of allylic oxidation sites excluding steroid dienone is 2. The molecule has 2 aliphatic heterocycles. The molecule has 0 unspecified atom stereocenters. The van der Waals surface area contributed by atoms with Crippen molar-refractivity contribution in [3.05, 3.63) is 12.2 Å². The van der Waals surface area contributed by atoms with E-state index in [0.29, 0.717) is 12.3 Å². The normalized spacial score (nSPS) is 53.2. The maximum absolute atomic E-state index is 12.5. The first-order valence-electron chi connectivity index (χ1n) is 7.90. The quantitative estimate of drug-likeness (QED) is 0.784. The number of ketones is 1. The predicted molar refractivity (Wildman–Crippen MR) is 73.0 cm³/mol. The van der Waals surface area contributed by atoms with Crippen molar-refractivity contribution in [1.82, 2.24) is 0 Å². The second-order valence-corrected chi connectivity index (χ2v) is 7.98. The number of rotatable bonds is 3. The van der Waals surface area contributed by atoms with E-state index in [1.54, 1.807) is 6.08 Å². The van der Waals surface area contributed by atoms with E-state index >= 15 is 0 Å². The summed E-state index contributed by atoms with van der Waals surface area (Å²) in [5.74, 6) is -0.315. The van der Waals surface area contributed by atoms with E-state index in [4.69, 9.17) is 4.74 Å². The number of carboxylic acids is 1. The Labute approximate surface area is 124 Å². The van der Waals surface area contributed by atoms with Gasteiger partial charge in [0.15, 0.2) is 5.78 Å². The SMILES string of the molecule is C[C@]12C[C@@]34C=CC(=O)[C@@](C)(CCC(=O)[O-])[C@@H]3[C@H](C[C@@H]1C4)O2. The zero-order valence-electron chi connectivity index (χ0n) is 12.6. The molecule has 0 aromatic heterocycles. The van der Waals surface area contributed by atoms with Crippen LogP contribution in [0.1, 0.15) is 46.0 Å². The fourth-order valence-corrected chi connectivity index (χ4v) is 6.00. The molecule has 0 aromatic rings. The van der Waals surface area contributed by atoms with Crippen molar-refractivity contribution in [3.63, 3.8) is 0 Å². The Hall–Kier alpha value is -1.16. The average molecular weight is 289 g/mol. The predicted octanol–water partition coefficient (Wildman–Crippen LogP) is 1.24. The summed E-state index contributed by atoms with van der Waals surface area (Å²) in [5.41, 5.74) is -0.632. The number of ether oxygens (including phenoxy) is 1. The molecule has 6 atom stereocenters. The monoisotopic (exact) mass is 289 g/mol. The first-order valence-corrected chi connectivity index (χ1v) is 7.90. The highest BCUT2D eigenvalue weighted by atomic mass is 16.5. The van der Waals surface area contributed by atoms with Crippen LogP contribution < -0.4 is 5.11 Å². The van der Waals surface area contributed by atoms with Crippen LogP contribution in [0.25, 0.3) is 0 Å². The Bertz CT molecular complexity index is 567. The van der Waals surface area contributed by atoms with Crippen molar-refractivity contribution in [2.24, 2.45) is 22.7 Å². The van der Waals surface area contributed by atoms with Gasteiger partial charge in [-0.15, -0.1) is 0 Å². The molecule has 114 valence electrons. The molecule has 0 amide bonds. The van der Waals surface area contributed by atoms with Crippen LogP contribution >= 0.6 is 0 Å². The lowest BCUT2D eigenvalue weighted by atomic mass is 9.51. The number of hydrogen-bond acceptors (Lipinski definition) is 4. The van der Waals surface area contributed by atoms with E-state index < -0.39 is 11.4 Å². The highest BCUT2D eigenvalue weighted by Crippen LogP contribution is 2.71. The molecule has 2 saturated carbocycles. The minimum atomic E-state index is -1.08. The molecule has 21 heavy (non-hydrogen) atoms. The minimum absolute atomic E-state index is 0.0369. The van der Waals surface area contributed by atoms with Gasteiger partial charge in [0.2, 0.25) is 0 Å². The summed E-state index contributed by atoms with van der Waals surface area (Å²) in [4.78, 5) is 23.4. The molecule has 0 radical (unpaired) electrons. The number of carbonyl (C=O) groups is 2. The third-order valence-corrected chi connectivity index (χ3v) is 6.76. The first kappa shape index (κ1) is 13.5. The molecule has 0 N–H and O–H groups in total. The molecule has 4 fully saturated rings. The van der Waals surface area contributed by atoms with E-state index in [9.17, 15) is 14.7 Å². The van der Waals surface area contributed by atoms with E-state index in [1.807, 2.05) is 6.92 Å². The fourth-order valence-electron chi connectivity index (χ4n) is 6.00. The van der Waals surface area contributed by atoms with Crippen LogP contribution in [0, 0.1) is 22.7 Å². The van der Waals surface area contributed by atoms with Crippen LogP contribution in [0.3, 0.4) is 0 Å². The maximum atomic E-state index is 12.5. The van der Waals surface area contributed by atoms with E-state index in [-0.39, 0.29) is 35.2 Å². The van der Waals surface area contributed by atoms with Crippen molar-refractivity contribution in [1.29, 1.82) is 0 Å². The van der Waals surface area contributed by atoms with Gasteiger partial charge in [0.05, 0.1) is 11.7 Å². The average Bonchev–Trinajstić information content (AvgIpc) is 2.75. The molecule has 0 aromatic carbocycles. The van der Waals surface area contributed by atoms with Crippen molar-refractivity contribution in [3.8, 4) is 0 Å². The van der Waals surface area contributed by atoms with Crippen LogP contribution in [0.4, 0.5) is 0 Å². The lowest BCUT2D eigenvalue weighted by Gasteiger charge is -2.55. The van der Waals surface area contributed by atoms with Gasteiger partial charge >= 0.3 is 0 Å². The molecular formula is C17H21O4-. The van der Waals surface area contributed by atoms with E-state index in [0.717, 1.165) is 19.3 Å². The van der Waals surface area contributed by atoms with Crippen molar-refractivity contribution in [2.45, 2.75) is 57.7 Å². The Balaban J connectivity index is 1.75. The zero-order chi connectivity index (χ0) is 15.0. The first-order chi connectivity index (χ1) is 9.79. The van der Waals surface area contributed by atoms with E-state index in [1.165, 1.54) is 0 Å². The highest BCUT2D eigenvalue weighted by Gasteiger charge is 2.71. The van der Waals surface area contributed by atoms with Crippen molar-refractivity contribution >= 4 is 11.8 Å². The summed E-state index contributed by atoms with van der Waals surface area (Å²) in [7, 11) is 0. The van der Waals surface area contributed by atoms with Gasteiger partial charge in [0, 0.05) is 17.3 Å². The van der Waals surface area contributed by atoms with Gasteiger partial charge in [-0.2, -0.15) is 0 Å². The lowest BCUT2D eigenvalue weighted by molar-refractivity contribution is -0.306. The number of carbonyl (C=O) groups excluding carboxylic acids is 2. The molecule has 4 heteroatoms. The maximum Gasteiger partial charge on any atom is 0.161 e. The van der Waals surface area contributed by atoms with Crippen LogP contribution in [0.15, 0.2) is 12.2 Å². The zero-order valence-corrected chi connectivity index (χ0v) is 12.6. The summed E-state index contributed by atoms with van der Waals surface area (Å²) in [5, 5.41) is 10.9. The molecule has 4 bridgehead atoms. The smallest absolute Gasteiger partial charge is 0.161 e. The van der Waals surface area contributed by atoms with Crippen molar-refractivity contribution < 1.29 is 19.4 Å². The third-order valence-electron chi connectivity index (χ3n) is 6.76. The molecule has 3 aliphatic carbocycles. The standard InChI is InChI=1S/C17H22O4/c1-15(5-4-13(19)20)12(18)3-6-17-8-10-7-11(14(15)17)21-16(10,2)9-17/h3,6,10-11,14H,4-5,7-9H2,1-2H3,(H,19,20)/p-1/t10-,11+,14+,15-,16+,17+/m1/s1. The van der Waals surface area contributed by atoms with Crippen LogP contribution in [0.2, 0.25) is 0 Å². The molecule has 5 rings (SSSR count). The Morgan fingerprint density at radius 1 is 1.48 bits per heavy atom. The third kappa shape index (κ3) is 1.54. The Morgan fingerprint density at radius 2 is 2.24 bits per heavy atom. The summed E-state index contributed by atoms with van der Waals surface area (Å²) in [6, 6.07) is 0. The second-order valence-electron chi connectivity index (χ2n) is 7.98. The highest BCUT2D eigenvalue weighted by molar-refractivity contribution is 5.96. The second kappa shape index (κ2) is 3.78. The topological polar surface area (TPSA) is 66.4 Å². The van der Waals surface area contributed by atoms with Gasteiger partial charge in [-0.25, -0.2) is 0 Å². The van der Waals surface area contributed by atoms with Gasteiger partial charge in [0.1, 0.15) is 0 Å². The Morgan fingerprint density at radius 3 is 2.90 bits per heavy atom. The minimum Gasteiger partial charge on any atom is -0.550 e. The molecule has 2 saturated heterocycles. The number of aliphatic carboxylic acids is 1. The summed E-state index contributed by atoms with van der Waals surface area (Å²) in [6.07, 6.45) is 7.29. The van der Waals surface area contributed by atoms with Crippen LogP contribution in [-0.4, -0.2) is 23.5 Å². The molecule has 2 heterocycles. The van der Waals surface area contributed by atoms with Crippen LogP contribution in [0.5, 0.6) is 0 Å². The number of hydrogen-bond donors (Lipinski definition) is 0. The largest absolute Gasteiger partial charge is 0.550 e. The summed E-state index contributed by atoms with van der Waals surface area (Å²) in [6.45, 7) is 4.14. The van der Waals surface area contributed by atoms with Gasteiger partial charge in [-0.05, 0) is 56.4 Å². The molecule has 5 aliphatic rings. The van der Waals surface area contributed by atoms with Gasteiger partial charge in [-0.3, -0.25) is 4.79 Å². The van der Waals surface area contributed by atoms with Crippen LogP contribution in [-0.2, 0) is 14.3 Å².